The Bertz CT molecular complexity index is 355. The average molecular weight is 282 g/mol. The number of hydrogen-bond donors (Lipinski definition) is 2. The molecule has 108 valence electrons. The lowest BCUT2D eigenvalue weighted by atomic mass is 10.1. The number of aliphatic carboxylic acids is 1. The van der Waals surface area contributed by atoms with E-state index < -0.39 is 16.2 Å². The van der Waals surface area contributed by atoms with Crippen LogP contribution in [0.15, 0.2) is 0 Å². The number of nitrogens with zero attached hydrogens (tertiary/aromatic N) is 1. The number of ether oxygens (including phenoxy) is 1. The van der Waals surface area contributed by atoms with Crippen LogP contribution >= 0.6 is 0 Å². The highest BCUT2D eigenvalue weighted by Gasteiger charge is 2.24. The highest BCUT2D eigenvalue weighted by atomic mass is 32.2. The first-order chi connectivity index (χ1) is 8.20. The molecular weight excluding hydrogens is 260 g/mol. The first-order valence-corrected chi connectivity index (χ1v) is 7.09. The number of carbonyl (C=O) groups is 1. The van der Waals surface area contributed by atoms with E-state index in [0.29, 0.717) is 0 Å². The van der Waals surface area contributed by atoms with E-state index in [2.05, 4.69) is 4.72 Å². The van der Waals surface area contributed by atoms with Crippen molar-refractivity contribution in [1.29, 1.82) is 0 Å². The van der Waals surface area contributed by atoms with E-state index in [-0.39, 0.29) is 31.5 Å². The molecule has 7 nitrogen and oxygen atoms in total. The van der Waals surface area contributed by atoms with Crippen molar-refractivity contribution in [2.75, 3.05) is 27.3 Å². The Morgan fingerprint density at radius 3 is 2.39 bits per heavy atom. The standard InChI is InChI=1S/C10H22N2O5S/c1-8(2)9(7-17-4)11-18(15,16)12(3)6-5-10(13)14/h8-9,11H,5-7H2,1-4H3,(H,13,14). The molecule has 0 saturated heterocycles. The predicted octanol–water partition coefficient (Wildman–Crippen LogP) is -0.102. The lowest BCUT2D eigenvalue weighted by Crippen LogP contribution is -2.48. The van der Waals surface area contributed by atoms with Gasteiger partial charge in [0.2, 0.25) is 0 Å². The van der Waals surface area contributed by atoms with Crippen LogP contribution in [0.2, 0.25) is 0 Å². The van der Waals surface area contributed by atoms with Crippen LogP contribution in [-0.4, -0.2) is 57.1 Å². The minimum atomic E-state index is -3.68. The molecule has 0 saturated carbocycles. The molecule has 0 rings (SSSR count). The molecule has 0 amide bonds. The molecule has 1 unspecified atom stereocenters. The third-order valence-electron chi connectivity index (χ3n) is 2.50. The van der Waals surface area contributed by atoms with Crippen LogP contribution in [-0.2, 0) is 19.7 Å². The molecule has 0 aromatic rings. The van der Waals surface area contributed by atoms with Crippen molar-refractivity contribution in [3.05, 3.63) is 0 Å². The summed E-state index contributed by atoms with van der Waals surface area (Å²) < 4.78 is 32.2. The van der Waals surface area contributed by atoms with E-state index in [4.69, 9.17) is 9.84 Å². The second-order valence-corrected chi connectivity index (χ2v) is 6.20. The van der Waals surface area contributed by atoms with E-state index in [9.17, 15) is 13.2 Å². The normalized spacial score (nSPS) is 14.1. The van der Waals surface area contributed by atoms with Gasteiger partial charge in [0.1, 0.15) is 0 Å². The maximum absolute atomic E-state index is 11.9. The third kappa shape index (κ3) is 6.29. The van der Waals surface area contributed by atoms with Gasteiger partial charge in [-0.2, -0.15) is 17.4 Å². The Hall–Kier alpha value is -0.700. The van der Waals surface area contributed by atoms with Gasteiger partial charge in [-0.05, 0) is 5.92 Å². The number of nitrogens with one attached hydrogen (secondary N) is 1. The summed E-state index contributed by atoms with van der Waals surface area (Å²) in [5, 5.41) is 8.52. The zero-order chi connectivity index (χ0) is 14.3. The highest BCUT2D eigenvalue weighted by Crippen LogP contribution is 2.06. The van der Waals surface area contributed by atoms with Crippen LogP contribution in [0.3, 0.4) is 0 Å². The van der Waals surface area contributed by atoms with Crippen LogP contribution in [0, 0.1) is 5.92 Å². The second kappa shape index (κ2) is 7.67. The van der Waals surface area contributed by atoms with Crippen LogP contribution < -0.4 is 4.72 Å². The summed E-state index contributed by atoms with van der Waals surface area (Å²) in [5.74, 6) is -0.957. The van der Waals surface area contributed by atoms with Gasteiger partial charge in [-0.25, -0.2) is 0 Å². The van der Waals surface area contributed by atoms with Crippen molar-refractivity contribution in [3.8, 4) is 0 Å². The Labute approximate surface area is 108 Å². The van der Waals surface area contributed by atoms with Crippen molar-refractivity contribution in [2.45, 2.75) is 26.3 Å². The van der Waals surface area contributed by atoms with Gasteiger partial charge in [-0.3, -0.25) is 4.79 Å². The first-order valence-electron chi connectivity index (χ1n) is 5.65. The SMILES string of the molecule is COCC(NS(=O)(=O)N(C)CCC(=O)O)C(C)C. The summed E-state index contributed by atoms with van der Waals surface area (Å²) in [7, 11) is -0.842. The molecule has 0 heterocycles. The third-order valence-corrected chi connectivity index (χ3v) is 4.11. The number of methoxy groups -OCH3 is 1. The van der Waals surface area contributed by atoms with Crippen LogP contribution in [0.25, 0.3) is 0 Å². The number of carboxylic acid groups (broad SMARTS) is 1. The van der Waals surface area contributed by atoms with E-state index in [1.807, 2.05) is 13.8 Å². The van der Waals surface area contributed by atoms with Gasteiger partial charge in [0.15, 0.2) is 0 Å². The average Bonchev–Trinajstić information content (AvgIpc) is 2.24. The lowest BCUT2D eigenvalue weighted by molar-refractivity contribution is -0.137. The maximum atomic E-state index is 11.9. The number of rotatable bonds is 9. The van der Waals surface area contributed by atoms with E-state index >= 15 is 0 Å². The molecule has 0 fully saturated rings. The van der Waals surface area contributed by atoms with Crippen molar-refractivity contribution >= 4 is 16.2 Å². The van der Waals surface area contributed by atoms with Gasteiger partial charge >= 0.3 is 5.97 Å². The molecule has 0 bridgehead atoms. The molecule has 0 aromatic carbocycles. The largest absolute Gasteiger partial charge is 0.481 e. The zero-order valence-corrected chi connectivity index (χ0v) is 12.0. The quantitative estimate of drug-likeness (QED) is 0.615. The van der Waals surface area contributed by atoms with Crippen LogP contribution in [0.1, 0.15) is 20.3 Å². The molecule has 1 atom stereocenters. The van der Waals surface area contributed by atoms with Gasteiger partial charge in [-0.1, -0.05) is 13.8 Å². The zero-order valence-electron chi connectivity index (χ0n) is 11.2. The predicted molar refractivity (Wildman–Crippen MR) is 67.4 cm³/mol. The van der Waals surface area contributed by atoms with Crippen LogP contribution in [0.4, 0.5) is 0 Å². The summed E-state index contributed by atoms with van der Waals surface area (Å²) in [5.41, 5.74) is 0. The molecule has 0 aliphatic carbocycles. The van der Waals surface area contributed by atoms with Crippen molar-refractivity contribution in [1.82, 2.24) is 9.03 Å². The molecule has 0 radical (unpaired) electrons. The molecule has 0 aliphatic heterocycles. The molecular formula is C10H22N2O5S. The molecule has 0 aliphatic rings. The lowest BCUT2D eigenvalue weighted by Gasteiger charge is -2.25. The summed E-state index contributed by atoms with van der Waals surface area (Å²) in [6, 6.07) is -0.340. The summed E-state index contributed by atoms with van der Waals surface area (Å²) >= 11 is 0. The second-order valence-electron chi connectivity index (χ2n) is 4.39. The smallest absolute Gasteiger partial charge is 0.304 e. The van der Waals surface area contributed by atoms with E-state index in [0.717, 1.165) is 4.31 Å². The van der Waals surface area contributed by atoms with E-state index in [1.165, 1.54) is 14.2 Å². The van der Waals surface area contributed by atoms with Crippen molar-refractivity contribution in [2.24, 2.45) is 5.92 Å². The van der Waals surface area contributed by atoms with E-state index in [1.54, 1.807) is 0 Å². The highest BCUT2D eigenvalue weighted by molar-refractivity contribution is 7.87. The Kier molecular flexibility index (Phi) is 7.37. The Morgan fingerprint density at radius 1 is 1.44 bits per heavy atom. The topological polar surface area (TPSA) is 95.9 Å². The van der Waals surface area contributed by atoms with Crippen molar-refractivity contribution < 1.29 is 23.1 Å². The Balaban J connectivity index is 4.56. The summed E-state index contributed by atoms with van der Waals surface area (Å²) in [6.45, 7) is 3.96. The Morgan fingerprint density at radius 2 is 2.00 bits per heavy atom. The number of carboxylic acids is 1. The fourth-order valence-electron chi connectivity index (χ4n) is 1.20. The van der Waals surface area contributed by atoms with Gasteiger partial charge in [-0.15, -0.1) is 0 Å². The fourth-order valence-corrected chi connectivity index (χ4v) is 2.43. The van der Waals surface area contributed by atoms with Gasteiger partial charge < -0.3 is 9.84 Å². The number of hydrogen-bond acceptors (Lipinski definition) is 4. The summed E-state index contributed by atoms with van der Waals surface area (Å²) in [4.78, 5) is 10.4. The van der Waals surface area contributed by atoms with Gasteiger partial charge in [0.25, 0.3) is 10.2 Å². The molecule has 18 heavy (non-hydrogen) atoms. The molecule has 8 heteroatoms. The summed E-state index contributed by atoms with van der Waals surface area (Å²) in [6.07, 6.45) is -0.228. The fraction of sp³-hybridized carbons (Fsp3) is 0.900. The van der Waals surface area contributed by atoms with Gasteiger partial charge in [0.05, 0.1) is 13.0 Å². The van der Waals surface area contributed by atoms with Crippen LogP contribution in [0.5, 0.6) is 0 Å². The minimum Gasteiger partial charge on any atom is -0.481 e. The van der Waals surface area contributed by atoms with Gasteiger partial charge in [0, 0.05) is 26.7 Å². The monoisotopic (exact) mass is 282 g/mol. The molecule has 2 N–H and O–H groups in total. The first kappa shape index (κ1) is 17.3. The molecule has 0 spiro atoms. The minimum absolute atomic E-state index is 0.0670. The van der Waals surface area contributed by atoms with Crippen molar-refractivity contribution in [3.63, 3.8) is 0 Å². The molecule has 0 aromatic heterocycles. The maximum Gasteiger partial charge on any atom is 0.304 e.